The van der Waals surface area contributed by atoms with Gasteiger partial charge in [0.2, 0.25) is 0 Å². The quantitative estimate of drug-likeness (QED) is 0.870. The molecule has 0 aliphatic heterocycles. The van der Waals surface area contributed by atoms with Crippen LogP contribution in [0.25, 0.3) is 5.69 Å². The van der Waals surface area contributed by atoms with Crippen molar-refractivity contribution in [1.29, 1.82) is 5.26 Å². The van der Waals surface area contributed by atoms with Crippen molar-refractivity contribution in [1.82, 2.24) is 9.78 Å². The normalized spacial score (nSPS) is 10.1. The molecule has 0 aliphatic rings. The van der Waals surface area contributed by atoms with E-state index in [4.69, 9.17) is 11.0 Å². The molecule has 2 rings (SSSR count). The molecule has 0 bridgehead atoms. The molecule has 5 heteroatoms. The number of nitrogens with zero attached hydrogens (tertiary/aromatic N) is 3. The van der Waals surface area contributed by atoms with E-state index in [0.717, 1.165) is 10.2 Å². The van der Waals surface area contributed by atoms with Gasteiger partial charge in [-0.05, 0) is 31.2 Å². The molecule has 1 aromatic heterocycles. The molecular weight excluding hydrogens is 268 g/mol. The van der Waals surface area contributed by atoms with Crippen LogP contribution in [-0.4, -0.2) is 9.78 Å². The third-order valence-corrected chi connectivity index (χ3v) is 2.81. The average molecular weight is 277 g/mol. The summed E-state index contributed by atoms with van der Waals surface area (Å²) < 4.78 is 2.56. The Balaban J connectivity index is 2.58. The molecule has 0 saturated carbocycles. The van der Waals surface area contributed by atoms with Crippen molar-refractivity contribution < 1.29 is 0 Å². The molecule has 0 aliphatic carbocycles. The fourth-order valence-electron chi connectivity index (χ4n) is 1.46. The molecule has 16 heavy (non-hydrogen) atoms. The molecule has 1 heterocycles. The zero-order valence-electron chi connectivity index (χ0n) is 8.61. The number of rotatable bonds is 1. The van der Waals surface area contributed by atoms with E-state index in [2.05, 4.69) is 21.0 Å². The van der Waals surface area contributed by atoms with Gasteiger partial charge in [0.15, 0.2) is 0 Å². The van der Waals surface area contributed by atoms with Gasteiger partial charge in [-0.25, -0.2) is 4.68 Å². The van der Waals surface area contributed by atoms with Gasteiger partial charge in [0.25, 0.3) is 0 Å². The summed E-state index contributed by atoms with van der Waals surface area (Å²) in [6.45, 7) is 1.77. The largest absolute Gasteiger partial charge is 0.382 e. The summed E-state index contributed by atoms with van der Waals surface area (Å²) in [6, 6.07) is 9.61. The molecule has 2 N–H and O–H groups in total. The number of nitriles is 1. The van der Waals surface area contributed by atoms with Crippen molar-refractivity contribution in [2.24, 2.45) is 0 Å². The molecule has 0 amide bonds. The minimum absolute atomic E-state index is 0.377. The van der Waals surface area contributed by atoms with Crippen LogP contribution in [0.2, 0.25) is 0 Å². The van der Waals surface area contributed by atoms with E-state index in [-0.39, 0.29) is 0 Å². The summed E-state index contributed by atoms with van der Waals surface area (Å²) in [7, 11) is 0. The maximum atomic E-state index is 8.91. The summed E-state index contributed by atoms with van der Waals surface area (Å²) >= 11 is 3.36. The van der Waals surface area contributed by atoms with E-state index in [0.29, 0.717) is 17.1 Å². The van der Waals surface area contributed by atoms with Crippen LogP contribution < -0.4 is 5.73 Å². The van der Waals surface area contributed by atoms with Crippen molar-refractivity contribution in [2.45, 2.75) is 6.92 Å². The maximum absolute atomic E-state index is 8.91. The first-order valence-corrected chi connectivity index (χ1v) is 5.44. The van der Waals surface area contributed by atoms with Crippen LogP contribution >= 0.6 is 15.9 Å². The van der Waals surface area contributed by atoms with E-state index in [1.807, 2.05) is 30.3 Å². The minimum Gasteiger partial charge on any atom is -0.382 e. The average Bonchev–Trinajstić information content (AvgIpc) is 2.55. The Morgan fingerprint density at radius 3 is 2.50 bits per heavy atom. The van der Waals surface area contributed by atoms with Crippen LogP contribution in [0.15, 0.2) is 28.7 Å². The van der Waals surface area contributed by atoms with Crippen molar-refractivity contribution in [3.05, 3.63) is 40.0 Å². The number of benzene rings is 1. The van der Waals surface area contributed by atoms with E-state index in [9.17, 15) is 0 Å². The molecule has 0 fully saturated rings. The van der Waals surface area contributed by atoms with Gasteiger partial charge in [-0.1, -0.05) is 15.9 Å². The Morgan fingerprint density at radius 1 is 1.38 bits per heavy atom. The molecular formula is C11H9BrN4. The fraction of sp³-hybridized carbons (Fsp3) is 0.0909. The van der Waals surface area contributed by atoms with E-state index in [1.165, 1.54) is 0 Å². The number of nitrogens with two attached hydrogens (primary N) is 1. The van der Waals surface area contributed by atoms with Crippen LogP contribution in [0.5, 0.6) is 0 Å². The highest BCUT2D eigenvalue weighted by Gasteiger charge is 2.12. The lowest BCUT2D eigenvalue weighted by Gasteiger charge is -2.03. The number of halogens is 1. The van der Waals surface area contributed by atoms with Crippen LogP contribution in [-0.2, 0) is 0 Å². The van der Waals surface area contributed by atoms with Gasteiger partial charge in [-0.2, -0.15) is 10.4 Å². The Hall–Kier alpha value is -1.80. The Kier molecular flexibility index (Phi) is 2.67. The second-order valence-corrected chi connectivity index (χ2v) is 4.26. The first kappa shape index (κ1) is 10.7. The summed E-state index contributed by atoms with van der Waals surface area (Å²) in [5.74, 6) is 0.377. The monoisotopic (exact) mass is 276 g/mol. The lowest BCUT2D eigenvalue weighted by Crippen LogP contribution is -2.02. The van der Waals surface area contributed by atoms with Crippen LogP contribution in [0, 0.1) is 18.3 Å². The number of aryl methyl sites for hydroxylation is 1. The van der Waals surface area contributed by atoms with Crippen LogP contribution in [0.4, 0.5) is 5.82 Å². The van der Waals surface area contributed by atoms with Crippen molar-refractivity contribution in [3.63, 3.8) is 0 Å². The van der Waals surface area contributed by atoms with Crippen LogP contribution in [0.1, 0.15) is 11.3 Å². The molecule has 80 valence electrons. The molecule has 0 radical (unpaired) electrons. The number of hydrogen-bond acceptors (Lipinski definition) is 3. The third-order valence-electron chi connectivity index (χ3n) is 2.28. The Morgan fingerprint density at radius 2 is 2.00 bits per heavy atom. The lowest BCUT2D eigenvalue weighted by molar-refractivity contribution is 0.872. The highest BCUT2D eigenvalue weighted by Crippen LogP contribution is 2.21. The van der Waals surface area contributed by atoms with E-state index >= 15 is 0 Å². The van der Waals surface area contributed by atoms with Gasteiger partial charge >= 0.3 is 0 Å². The smallest absolute Gasteiger partial charge is 0.145 e. The first-order chi connectivity index (χ1) is 7.63. The van der Waals surface area contributed by atoms with Crippen molar-refractivity contribution in [2.75, 3.05) is 5.73 Å². The second kappa shape index (κ2) is 3.99. The molecule has 0 atom stereocenters. The zero-order chi connectivity index (χ0) is 11.7. The van der Waals surface area contributed by atoms with E-state index in [1.54, 1.807) is 11.6 Å². The third kappa shape index (κ3) is 1.68. The molecule has 1 aromatic carbocycles. The topological polar surface area (TPSA) is 67.6 Å². The number of aromatic nitrogens is 2. The highest BCUT2D eigenvalue weighted by molar-refractivity contribution is 9.10. The minimum atomic E-state index is 0.377. The maximum Gasteiger partial charge on any atom is 0.145 e. The standard InChI is InChI=1S/C11H9BrN4/c1-7-10(6-13)11(14)16(15-7)9-4-2-8(12)3-5-9/h2-5H,14H2,1H3. The van der Waals surface area contributed by atoms with Crippen molar-refractivity contribution >= 4 is 21.7 Å². The lowest BCUT2D eigenvalue weighted by atomic mass is 10.2. The van der Waals surface area contributed by atoms with Gasteiger partial charge in [-0.15, -0.1) is 0 Å². The Bertz CT molecular complexity index is 563. The number of anilines is 1. The van der Waals surface area contributed by atoms with Gasteiger partial charge in [0.1, 0.15) is 17.5 Å². The molecule has 0 saturated heterocycles. The van der Waals surface area contributed by atoms with Gasteiger partial charge in [0.05, 0.1) is 11.4 Å². The Labute approximate surface area is 101 Å². The number of nitrogen functional groups attached to an aromatic ring is 1. The molecule has 0 spiro atoms. The SMILES string of the molecule is Cc1nn(-c2ccc(Br)cc2)c(N)c1C#N. The fourth-order valence-corrected chi connectivity index (χ4v) is 1.73. The summed E-state index contributed by atoms with van der Waals surface area (Å²) in [5.41, 5.74) is 7.76. The molecule has 4 nitrogen and oxygen atoms in total. The summed E-state index contributed by atoms with van der Waals surface area (Å²) in [5, 5.41) is 13.1. The highest BCUT2D eigenvalue weighted by atomic mass is 79.9. The first-order valence-electron chi connectivity index (χ1n) is 4.64. The predicted octanol–water partition coefficient (Wildman–Crippen LogP) is 2.40. The van der Waals surface area contributed by atoms with Gasteiger partial charge in [-0.3, -0.25) is 0 Å². The second-order valence-electron chi connectivity index (χ2n) is 3.35. The van der Waals surface area contributed by atoms with E-state index < -0.39 is 0 Å². The summed E-state index contributed by atoms with van der Waals surface area (Å²) in [4.78, 5) is 0. The number of hydrogen-bond donors (Lipinski definition) is 1. The summed E-state index contributed by atoms with van der Waals surface area (Å²) in [6.07, 6.45) is 0. The zero-order valence-corrected chi connectivity index (χ0v) is 10.2. The molecule has 2 aromatic rings. The van der Waals surface area contributed by atoms with Gasteiger partial charge < -0.3 is 5.73 Å². The van der Waals surface area contributed by atoms with Gasteiger partial charge in [0, 0.05) is 4.47 Å². The van der Waals surface area contributed by atoms with Crippen molar-refractivity contribution in [3.8, 4) is 11.8 Å². The predicted molar refractivity (Wildman–Crippen MR) is 65.1 cm³/mol. The van der Waals surface area contributed by atoms with Crippen LogP contribution in [0.3, 0.4) is 0 Å². The molecule has 0 unspecified atom stereocenters.